The molecule has 184 valence electrons. The summed E-state index contributed by atoms with van der Waals surface area (Å²) in [5, 5.41) is 1.12. The van der Waals surface area contributed by atoms with Gasteiger partial charge in [-0.25, -0.2) is 9.97 Å². The number of nitrogens with one attached hydrogen (secondary N) is 1. The largest absolute Gasteiger partial charge is 0.369 e. The third kappa shape index (κ3) is 3.77. The highest BCUT2D eigenvalue weighted by molar-refractivity contribution is 6.31. The molecule has 1 unspecified atom stereocenters. The molecule has 1 atom stereocenters. The molecule has 0 spiro atoms. The summed E-state index contributed by atoms with van der Waals surface area (Å²) in [6.07, 6.45) is 1.39. The Balaban J connectivity index is 1.83. The number of nitrogens with zero attached hydrogens (tertiary/aromatic N) is 4. The molecule has 0 fully saturated rings. The van der Waals surface area contributed by atoms with E-state index in [2.05, 4.69) is 9.97 Å². The number of aromatic nitrogens is 4. The van der Waals surface area contributed by atoms with Gasteiger partial charge < -0.3 is 10.3 Å². The summed E-state index contributed by atoms with van der Waals surface area (Å²) in [7, 11) is 0. The molecule has 1 aliphatic heterocycles. The Kier molecular flexibility index (Phi) is 5.89. The molecule has 5 rings (SSSR count). The molecule has 2 aromatic carbocycles. The highest BCUT2D eigenvalue weighted by Crippen LogP contribution is 2.46. The van der Waals surface area contributed by atoms with Gasteiger partial charge in [-0.15, -0.1) is 0 Å². The van der Waals surface area contributed by atoms with Gasteiger partial charge in [-0.05, 0) is 68.7 Å². The van der Waals surface area contributed by atoms with Gasteiger partial charge in [-0.3, -0.25) is 19.5 Å². The number of carbonyl (C=O) groups is 1. The number of rotatable bonds is 4. The number of aryl methyl sites for hydroxylation is 2. The van der Waals surface area contributed by atoms with E-state index in [9.17, 15) is 9.59 Å². The maximum Gasteiger partial charge on any atom is 0.279 e. The lowest BCUT2D eigenvalue weighted by Gasteiger charge is -2.30. The molecule has 3 N–H and O–H groups in total. The van der Waals surface area contributed by atoms with Crippen LogP contribution in [0.3, 0.4) is 0 Å². The monoisotopic (exact) mass is 522 g/mol. The van der Waals surface area contributed by atoms with Gasteiger partial charge in [0.1, 0.15) is 17.4 Å². The lowest BCUT2D eigenvalue weighted by molar-refractivity contribution is 0.0989. The van der Waals surface area contributed by atoms with E-state index in [0.717, 1.165) is 16.7 Å². The number of nitrogen functional groups attached to an aromatic ring is 1. The van der Waals surface area contributed by atoms with Crippen LogP contribution < -0.4 is 16.2 Å². The van der Waals surface area contributed by atoms with Crippen molar-refractivity contribution >= 4 is 40.7 Å². The van der Waals surface area contributed by atoms with Crippen LogP contribution in [0.1, 0.15) is 58.8 Å². The zero-order valence-corrected chi connectivity index (χ0v) is 21.6. The fourth-order valence-electron chi connectivity index (χ4n) is 4.82. The van der Waals surface area contributed by atoms with Gasteiger partial charge in [-0.1, -0.05) is 35.3 Å². The quantitative estimate of drug-likeness (QED) is 0.369. The average Bonchev–Trinajstić information content (AvgIpc) is 3.31. The number of amides is 1. The summed E-state index contributed by atoms with van der Waals surface area (Å²) >= 11 is 12.6. The number of hydrogen-bond acceptors (Lipinski definition) is 5. The molecule has 3 heterocycles. The summed E-state index contributed by atoms with van der Waals surface area (Å²) < 4.78 is 1.92. The summed E-state index contributed by atoms with van der Waals surface area (Å²) in [5.74, 6) is 0.0821. The number of carbonyl (C=O) groups excluding carboxylic acids is 1. The molecule has 0 aliphatic carbocycles. The third-order valence-electron chi connectivity index (χ3n) is 6.42. The molecule has 8 nitrogen and oxygen atoms in total. The second-order valence-electron chi connectivity index (χ2n) is 9.15. The van der Waals surface area contributed by atoms with Crippen LogP contribution in [-0.4, -0.2) is 25.4 Å². The van der Waals surface area contributed by atoms with Crippen LogP contribution in [-0.2, 0) is 0 Å². The smallest absolute Gasteiger partial charge is 0.279 e. The number of anilines is 2. The second-order valence-corrected chi connectivity index (χ2v) is 10.0. The Morgan fingerprint density at radius 2 is 1.72 bits per heavy atom. The standard InChI is InChI=1S/C26H24Cl2N6O2/c1-12(2)33-22-20(31-23(33)18-11-30-26(29)32-24(18)35)25(36)34(19-10-16(28)6-5-13(19)3)21(22)17-8-7-15(27)9-14(17)4/h5-12,21H,1-4H3,(H3,29,30,32,35). The topological polar surface area (TPSA) is 110 Å². The Hall–Kier alpha value is -3.62. The van der Waals surface area contributed by atoms with Crippen molar-refractivity contribution in [3.8, 4) is 11.4 Å². The first-order valence-corrected chi connectivity index (χ1v) is 12.2. The van der Waals surface area contributed by atoms with Crippen LogP contribution in [0.4, 0.5) is 11.6 Å². The van der Waals surface area contributed by atoms with Crippen LogP contribution in [0.5, 0.6) is 0 Å². The number of imidazole rings is 1. The van der Waals surface area contributed by atoms with Crippen molar-refractivity contribution in [1.29, 1.82) is 0 Å². The highest BCUT2D eigenvalue weighted by Gasteiger charge is 2.45. The van der Waals surface area contributed by atoms with Gasteiger partial charge in [0.15, 0.2) is 11.6 Å². The molecule has 1 aliphatic rings. The van der Waals surface area contributed by atoms with Gasteiger partial charge in [0.05, 0.1) is 5.69 Å². The molecule has 0 saturated heterocycles. The third-order valence-corrected chi connectivity index (χ3v) is 6.89. The molecule has 36 heavy (non-hydrogen) atoms. The van der Waals surface area contributed by atoms with Gasteiger partial charge in [0, 0.05) is 28.0 Å². The normalized spacial score (nSPS) is 15.1. The highest BCUT2D eigenvalue weighted by atomic mass is 35.5. The zero-order chi connectivity index (χ0) is 25.9. The number of fused-ring (bicyclic) bond motifs is 1. The van der Waals surface area contributed by atoms with Gasteiger partial charge in [0.2, 0.25) is 0 Å². The van der Waals surface area contributed by atoms with Crippen LogP contribution in [0.2, 0.25) is 10.0 Å². The number of nitrogens with two attached hydrogens (primary N) is 1. The molecular weight excluding hydrogens is 499 g/mol. The number of H-pyrrole nitrogens is 1. The molecular formula is C26H24Cl2N6O2. The molecule has 0 saturated carbocycles. The number of halogens is 2. The first kappa shape index (κ1) is 24.1. The van der Waals surface area contributed by atoms with E-state index in [4.69, 9.17) is 33.9 Å². The Labute approximate surface area is 217 Å². The summed E-state index contributed by atoms with van der Waals surface area (Å²) in [6.45, 7) is 7.85. The molecule has 2 aromatic heterocycles. The van der Waals surface area contributed by atoms with E-state index < -0.39 is 11.6 Å². The van der Waals surface area contributed by atoms with Gasteiger partial charge >= 0.3 is 0 Å². The van der Waals surface area contributed by atoms with Crippen molar-refractivity contribution in [1.82, 2.24) is 19.5 Å². The summed E-state index contributed by atoms with van der Waals surface area (Å²) in [4.78, 5) is 39.8. The predicted molar refractivity (Wildman–Crippen MR) is 142 cm³/mol. The lowest BCUT2D eigenvalue weighted by atomic mass is 9.97. The van der Waals surface area contributed by atoms with Crippen molar-refractivity contribution < 1.29 is 4.79 Å². The maximum atomic E-state index is 14.0. The molecule has 4 aromatic rings. The summed E-state index contributed by atoms with van der Waals surface area (Å²) in [6, 6.07) is 10.4. The van der Waals surface area contributed by atoms with Gasteiger partial charge in [0.25, 0.3) is 11.5 Å². The van der Waals surface area contributed by atoms with Crippen molar-refractivity contribution in [3.05, 3.63) is 91.1 Å². The summed E-state index contributed by atoms with van der Waals surface area (Å²) in [5.41, 5.74) is 9.81. The van der Waals surface area contributed by atoms with Crippen molar-refractivity contribution in [3.63, 3.8) is 0 Å². The van der Waals surface area contributed by atoms with Gasteiger partial charge in [-0.2, -0.15) is 0 Å². The van der Waals surface area contributed by atoms with Crippen LogP contribution in [0.25, 0.3) is 11.4 Å². The number of hydrogen-bond donors (Lipinski definition) is 2. The Morgan fingerprint density at radius 1 is 1.03 bits per heavy atom. The Morgan fingerprint density at radius 3 is 2.39 bits per heavy atom. The lowest BCUT2D eigenvalue weighted by Crippen LogP contribution is -2.31. The Bertz CT molecular complexity index is 1590. The van der Waals surface area contributed by atoms with E-state index >= 15 is 0 Å². The predicted octanol–water partition coefficient (Wildman–Crippen LogP) is 5.47. The molecule has 0 radical (unpaired) electrons. The van der Waals surface area contributed by atoms with Crippen molar-refractivity contribution in [2.45, 2.75) is 39.8 Å². The SMILES string of the molecule is Cc1cc(Cl)ccc1C1c2c(nc(-c3cnc(N)[nH]c3=O)n2C(C)C)C(=O)N1c1cc(Cl)ccc1C. The van der Waals surface area contributed by atoms with E-state index in [1.165, 1.54) is 6.20 Å². The zero-order valence-electron chi connectivity index (χ0n) is 20.1. The number of aromatic amines is 1. The molecule has 0 bridgehead atoms. The van der Waals surface area contributed by atoms with Crippen LogP contribution in [0, 0.1) is 13.8 Å². The van der Waals surface area contributed by atoms with E-state index in [1.54, 1.807) is 23.1 Å². The fraction of sp³-hybridized carbons (Fsp3) is 0.231. The number of benzene rings is 2. The minimum Gasteiger partial charge on any atom is -0.369 e. The minimum atomic E-state index is -0.522. The minimum absolute atomic E-state index is 0.00675. The first-order valence-electron chi connectivity index (χ1n) is 11.4. The van der Waals surface area contributed by atoms with Crippen LogP contribution in [0.15, 0.2) is 47.4 Å². The first-order chi connectivity index (χ1) is 17.1. The van der Waals surface area contributed by atoms with E-state index in [-0.39, 0.29) is 29.2 Å². The maximum absolute atomic E-state index is 14.0. The van der Waals surface area contributed by atoms with Crippen molar-refractivity contribution in [2.24, 2.45) is 0 Å². The molecule has 10 heteroatoms. The van der Waals surface area contributed by atoms with E-state index in [1.807, 2.05) is 50.5 Å². The molecule has 1 amide bonds. The average molecular weight is 523 g/mol. The van der Waals surface area contributed by atoms with Crippen molar-refractivity contribution in [2.75, 3.05) is 10.6 Å². The fourth-order valence-corrected chi connectivity index (χ4v) is 5.21. The van der Waals surface area contributed by atoms with Crippen LogP contribution >= 0.6 is 23.2 Å². The second kappa shape index (κ2) is 8.80. The van der Waals surface area contributed by atoms with E-state index in [0.29, 0.717) is 27.3 Å².